The summed E-state index contributed by atoms with van der Waals surface area (Å²) in [5.74, 6) is 0. The third kappa shape index (κ3) is 31.7. The number of rotatable bonds is 12. The molecule has 131 heavy (non-hydrogen) atoms. The van der Waals surface area contributed by atoms with Gasteiger partial charge in [-0.25, -0.2) is 0 Å². The van der Waals surface area contributed by atoms with Crippen LogP contribution in [0.3, 0.4) is 0 Å². The average molecular weight is 2400 g/mol. The SMILES string of the molecule is Cc1cc(-c2[c-]cccc2)ncc1-c1ccccc1.Cc1cc(-c2[c-]cccc2)ncc1-c1ccccc1.Cc1cc(-c2[c-]cccc2)ncc1-c1ccccc1.Cc1ccc(-c2[c-]cccc2)nc1.Cc1ccc(-c2[c-]cccc2)nc1.Cc1ccnc(-c2[c-]ccc(-c3ccccc3)c2)c1.Cc1ccnc(-c2[c-]cccc2)c1.[Ir].[Ir].[Ir].[Ir].[c-]1ccccc1-c1ccccn1. The Balaban J connectivity index is 0.000000169. The summed E-state index contributed by atoms with van der Waals surface area (Å²) in [7, 11) is 0. The second-order valence-corrected chi connectivity index (χ2v) is 29.6. The molecule has 0 saturated heterocycles. The van der Waals surface area contributed by atoms with Gasteiger partial charge in [0.2, 0.25) is 0 Å². The van der Waals surface area contributed by atoms with Crippen LogP contribution in [-0.4, -0.2) is 39.9 Å². The minimum Gasteiger partial charge on any atom is -0.305 e. The molecule has 0 aliphatic rings. The summed E-state index contributed by atoms with van der Waals surface area (Å²) in [6, 6.07) is 157. The van der Waals surface area contributed by atoms with Crippen molar-refractivity contribution in [1.82, 2.24) is 39.9 Å². The van der Waals surface area contributed by atoms with Gasteiger partial charge < -0.3 is 39.9 Å². The molecule has 654 valence electrons. The van der Waals surface area contributed by atoms with Gasteiger partial charge in [0, 0.05) is 147 Å². The van der Waals surface area contributed by atoms with E-state index in [-0.39, 0.29) is 80.4 Å². The first-order chi connectivity index (χ1) is 62.4. The predicted molar refractivity (Wildman–Crippen MR) is 523 cm³/mol. The normalized spacial score (nSPS) is 9.85. The summed E-state index contributed by atoms with van der Waals surface area (Å²) in [4.78, 5) is 35.2. The molecule has 8 aromatic heterocycles. The summed E-state index contributed by atoms with van der Waals surface area (Å²) in [6.45, 7) is 14.6. The standard InChI is InChI=1S/4C18H14N.3C12H10N.C11H8N.4Ir/c3*1-14-12-18(16-10-6-3-7-11-16)19-13-17(14)15-8-4-2-5-9-15;1-14-10-11-19-18(12-14)17-9-5-8-16(13-17)15-6-3-2-4-7-15;1-10-7-8-13-12(9-10)11-5-3-2-4-6-11;2*1-10-7-8-12(13-9-10)11-5-3-2-4-6-11;1-2-6-10(7-3-1)11-8-4-5-9-12-11;;;;/h3*2-10,12-13H,1H3;2-8,10-13H,1H3;3*2-5,7-9H,1H3;1-6,8-9H;;;;/q8*-1;;;;. The van der Waals surface area contributed by atoms with Crippen LogP contribution < -0.4 is 0 Å². The Bertz CT molecular complexity index is 6220. The van der Waals surface area contributed by atoms with Crippen molar-refractivity contribution in [2.24, 2.45) is 0 Å². The van der Waals surface area contributed by atoms with Crippen molar-refractivity contribution in [3.8, 4) is 135 Å². The van der Waals surface area contributed by atoms with Crippen LogP contribution in [0.2, 0.25) is 0 Å². The van der Waals surface area contributed by atoms with Crippen molar-refractivity contribution in [2.45, 2.75) is 48.5 Å². The first kappa shape index (κ1) is 101. The Labute approximate surface area is 827 Å². The van der Waals surface area contributed by atoms with E-state index in [0.29, 0.717) is 0 Å². The topological polar surface area (TPSA) is 103 Å². The summed E-state index contributed by atoms with van der Waals surface area (Å²) in [6.07, 6.45) is 15.0. The summed E-state index contributed by atoms with van der Waals surface area (Å²) >= 11 is 0. The average Bonchev–Trinajstić information content (AvgIpc) is 0.823. The summed E-state index contributed by atoms with van der Waals surface area (Å²) in [5, 5.41) is 0. The molecular weight excluding hydrogens is 2310 g/mol. The third-order valence-corrected chi connectivity index (χ3v) is 20.0. The van der Waals surface area contributed by atoms with Crippen LogP contribution in [-0.2, 0) is 80.4 Å². The number of hydrogen-bond donors (Lipinski definition) is 0. The maximum atomic E-state index is 4.55. The molecule has 0 bridgehead atoms. The minimum atomic E-state index is 0. The van der Waals surface area contributed by atoms with Crippen molar-refractivity contribution in [1.29, 1.82) is 0 Å². The Morgan fingerprint density at radius 2 is 0.420 bits per heavy atom. The van der Waals surface area contributed by atoms with E-state index in [2.05, 4.69) is 238 Å². The van der Waals surface area contributed by atoms with Gasteiger partial charge in [0.25, 0.3) is 0 Å². The second-order valence-electron chi connectivity index (χ2n) is 29.6. The number of aryl methyl sites for hydroxylation is 7. The molecular formula is C119H94Ir4N8-8. The van der Waals surface area contributed by atoms with Crippen LogP contribution in [0.5, 0.6) is 0 Å². The summed E-state index contributed by atoms with van der Waals surface area (Å²) < 4.78 is 0. The largest absolute Gasteiger partial charge is 0.305 e. The van der Waals surface area contributed by atoms with E-state index in [1.54, 1.807) is 6.20 Å². The molecule has 0 N–H and O–H groups in total. The molecule has 0 aliphatic heterocycles. The number of pyridine rings is 8. The molecule has 0 saturated carbocycles. The van der Waals surface area contributed by atoms with Gasteiger partial charge in [-0.1, -0.05) is 199 Å². The van der Waals surface area contributed by atoms with Gasteiger partial charge >= 0.3 is 0 Å². The molecule has 8 heterocycles. The molecule has 0 spiro atoms. The molecule has 0 atom stereocenters. The van der Waals surface area contributed by atoms with Crippen LogP contribution in [0.1, 0.15) is 38.9 Å². The van der Waals surface area contributed by atoms with Crippen molar-refractivity contribution in [2.75, 3.05) is 0 Å². The van der Waals surface area contributed by atoms with Crippen molar-refractivity contribution < 1.29 is 80.4 Å². The van der Waals surface area contributed by atoms with Crippen LogP contribution in [0, 0.1) is 97.0 Å². The maximum absolute atomic E-state index is 4.55. The van der Waals surface area contributed by atoms with E-state index in [1.807, 2.05) is 336 Å². The van der Waals surface area contributed by atoms with Gasteiger partial charge in [0.05, 0.1) is 0 Å². The van der Waals surface area contributed by atoms with Gasteiger partial charge in [0.1, 0.15) is 0 Å². The maximum Gasteiger partial charge on any atom is 0.0242 e. The molecule has 20 rings (SSSR count). The number of aromatic nitrogens is 8. The Kier molecular flexibility index (Phi) is 42.2. The molecule has 20 aromatic rings. The Morgan fingerprint density at radius 1 is 0.160 bits per heavy atom. The van der Waals surface area contributed by atoms with Gasteiger partial charge in [0.15, 0.2) is 0 Å². The first-order valence-electron chi connectivity index (χ1n) is 42.0. The van der Waals surface area contributed by atoms with E-state index in [9.17, 15) is 0 Å². The van der Waals surface area contributed by atoms with E-state index in [4.69, 9.17) is 0 Å². The van der Waals surface area contributed by atoms with Gasteiger partial charge in [-0.15, -0.1) is 287 Å². The Morgan fingerprint density at radius 3 is 0.695 bits per heavy atom. The van der Waals surface area contributed by atoms with Crippen LogP contribution in [0.25, 0.3) is 135 Å². The monoisotopic (exact) mass is 2410 g/mol. The number of hydrogen-bond acceptors (Lipinski definition) is 8. The molecule has 0 amide bonds. The molecule has 12 heteroatoms. The smallest absolute Gasteiger partial charge is 0.0242 e. The molecule has 0 unspecified atom stereocenters. The van der Waals surface area contributed by atoms with Gasteiger partial charge in [-0.3, -0.25) is 0 Å². The van der Waals surface area contributed by atoms with E-state index < -0.39 is 0 Å². The van der Waals surface area contributed by atoms with Crippen LogP contribution in [0.15, 0.2) is 444 Å². The predicted octanol–water partition coefficient (Wildman–Crippen LogP) is 29.2. The van der Waals surface area contributed by atoms with E-state index in [0.717, 1.165) is 90.1 Å². The fourth-order valence-corrected chi connectivity index (χ4v) is 13.3. The van der Waals surface area contributed by atoms with Gasteiger partial charge in [-0.2, -0.15) is 0 Å². The molecule has 12 aromatic carbocycles. The molecule has 0 fully saturated rings. The minimum absolute atomic E-state index is 0. The second kappa shape index (κ2) is 54.7. The zero-order chi connectivity index (χ0) is 87.8. The third-order valence-electron chi connectivity index (χ3n) is 20.0. The zero-order valence-corrected chi connectivity index (χ0v) is 83.1. The van der Waals surface area contributed by atoms with Gasteiger partial charge in [-0.05, 0) is 162 Å². The first-order valence-corrected chi connectivity index (χ1v) is 42.0. The molecule has 0 aliphatic carbocycles. The van der Waals surface area contributed by atoms with Crippen molar-refractivity contribution in [3.05, 3.63) is 531 Å². The fourth-order valence-electron chi connectivity index (χ4n) is 13.3. The fraction of sp³-hybridized carbons (Fsp3) is 0.0588. The van der Waals surface area contributed by atoms with E-state index in [1.165, 1.54) is 83.5 Å². The van der Waals surface area contributed by atoms with Crippen LogP contribution in [0.4, 0.5) is 0 Å². The quantitative estimate of drug-likeness (QED) is 0.111. The van der Waals surface area contributed by atoms with Crippen molar-refractivity contribution >= 4 is 0 Å². The Hall–Kier alpha value is -13.6. The number of nitrogens with zero attached hydrogens (tertiary/aromatic N) is 8. The molecule has 8 nitrogen and oxygen atoms in total. The van der Waals surface area contributed by atoms with Crippen molar-refractivity contribution in [3.63, 3.8) is 0 Å². The molecule has 4 radical (unpaired) electrons. The van der Waals surface area contributed by atoms with Crippen LogP contribution >= 0.6 is 0 Å². The zero-order valence-electron chi connectivity index (χ0n) is 73.6. The van der Waals surface area contributed by atoms with E-state index >= 15 is 0 Å². The summed E-state index contributed by atoms with van der Waals surface area (Å²) in [5.41, 5.74) is 34.1. The number of benzene rings is 12.